The second kappa shape index (κ2) is 9.05. The van der Waals surface area contributed by atoms with E-state index in [9.17, 15) is 4.79 Å². The first kappa shape index (κ1) is 18.7. The lowest BCUT2D eigenvalue weighted by molar-refractivity contribution is -0.134. The van der Waals surface area contributed by atoms with Crippen LogP contribution in [-0.4, -0.2) is 58.8 Å². The highest BCUT2D eigenvalue weighted by Gasteiger charge is 2.32. The van der Waals surface area contributed by atoms with Gasteiger partial charge in [-0.2, -0.15) is 5.10 Å². The van der Waals surface area contributed by atoms with Gasteiger partial charge in [-0.05, 0) is 38.7 Å². The molecular formula is C19H32N6O. The highest BCUT2D eigenvalue weighted by molar-refractivity contribution is 5.81. The summed E-state index contributed by atoms with van der Waals surface area (Å²) in [7, 11) is 0. The highest BCUT2D eigenvalue weighted by atomic mass is 16.2. The third kappa shape index (κ3) is 4.99. The number of nitrogens with one attached hydrogen (secondary N) is 2. The van der Waals surface area contributed by atoms with E-state index in [0.717, 1.165) is 57.0 Å². The lowest BCUT2D eigenvalue weighted by Crippen LogP contribution is -2.45. The summed E-state index contributed by atoms with van der Waals surface area (Å²) in [6, 6.07) is 0.283. The van der Waals surface area contributed by atoms with Crippen LogP contribution in [0.25, 0.3) is 0 Å². The van der Waals surface area contributed by atoms with Crippen LogP contribution < -0.4 is 10.6 Å². The van der Waals surface area contributed by atoms with Crippen molar-refractivity contribution in [3.63, 3.8) is 0 Å². The molecule has 1 atom stereocenters. The first-order valence-corrected chi connectivity index (χ1v) is 9.98. The van der Waals surface area contributed by atoms with Crippen molar-refractivity contribution < 1.29 is 4.79 Å². The number of aryl methyl sites for hydroxylation is 1. The largest absolute Gasteiger partial charge is 0.357 e. The number of hydrogen-bond donors (Lipinski definition) is 2. The maximum atomic E-state index is 12.6. The first-order chi connectivity index (χ1) is 12.7. The number of nitrogens with zero attached hydrogens (tertiary/aromatic N) is 4. The van der Waals surface area contributed by atoms with E-state index in [1.165, 1.54) is 12.8 Å². The lowest BCUT2D eigenvalue weighted by Gasteiger charge is -2.21. The minimum absolute atomic E-state index is 0.271. The Morgan fingerprint density at radius 2 is 2.15 bits per heavy atom. The van der Waals surface area contributed by atoms with Gasteiger partial charge in [0.15, 0.2) is 5.96 Å². The normalized spacial score (nSPS) is 21.4. The molecular weight excluding hydrogens is 328 g/mol. The van der Waals surface area contributed by atoms with Crippen LogP contribution in [0.4, 0.5) is 0 Å². The smallest absolute Gasteiger partial charge is 0.225 e. The molecule has 7 heteroatoms. The fourth-order valence-corrected chi connectivity index (χ4v) is 3.88. The molecule has 7 nitrogen and oxygen atoms in total. The Kier molecular flexibility index (Phi) is 6.52. The molecule has 1 amide bonds. The Balaban J connectivity index is 1.48. The Labute approximate surface area is 156 Å². The number of carbonyl (C=O) groups is 1. The molecule has 1 aromatic heterocycles. The molecule has 1 aliphatic heterocycles. The molecule has 1 unspecified atom stereocenters. The SMILES string of the molecule is CCNC(=NCCn1cc(C)cn1)NC1CCN(C(=O)C2CCCC2)C1. The van der Waals surface area contributed by atoms with Crippen LogP contribution in [0.15, 0.2) is 17.4 Å². The van der Waals surface area contributed by atoms with E-state index in [4.69, 9.17) is 0 Å². The van der Waals surface area contributed by atoms with Gasteiger partial charge < -0.3 is 15.5 Å². The van der Waals surface area contributed by atoms with Crippen molar-refractivity contribution in [3.8, 4) is 0 Å². The second-order valence-corrected chi connectivity index (χ2v) is 7.44. The van der Waals surface area contributed by atoms with Gasteiger partial charge in [-0.1, -0.05) is 12.8 Å². The quantitative estimate of drug-likeness (QED) is 0.596. The standard InChI is InChI=1S/C19H32N6O/c1-3-20-19(21-9-11-25-13-15(2)12-22-25)23-17-8-10-24(14-17)18(26)16-6-4-5-7-16/h12-13,16-17H,3-11,14H2,1-2H3,(H2,20,21,23). The zero-order valence-electron chi connectivity index (χ0n) is 16.1. The number of likely N-dealkylation sites (tertiary alicyclic amines) is 1. The van der Waals surface area contributed by atoms with Crippen molar-refractivity contribution in [2.45, 2.75) is 58.5 Å². The number of aliphatic imine (C=N–C) groups is 1. The van der Waals surface area contributed by atoms with Crippen molar-refractivity contribution >= 4 is 11.9 Å². The number of guanidine groups is 1. The van der Waals surface area contributed by atoms with Gasteiger partial charge >= 0.3 is 0 Å². The third-order valence-corrected chi connectivity index (χ3v) is 5.25. The average molecular weight is 361 g/mol. The van der Waals surface area contributed by atoms with E-state index in [2.05, 4.69) is 27.6 Å². The summed E-state index contributed by atoms with van der Waals surface area (Å²) in [5.41, 5.74) is 1.16. The molecule has 3 rings (SSSR count). The van der Waals surface area contributed by atoms with Crippen molar-refractivity contribution in [2.24, 2.45) is 10.9 Å². The van der Waals surface area contributed by atoms with Crippen LogP contribution in [-0.2, 0) is 11.3 Å². The summed E-state index contributed by atoms with van der Waals surface area (Å²) in [6.07, 6.45) is 9.44. The third-order valence-electron chi connectivity index (χ3n) is 5.25. The topological polar surface area (TPSA) is 74.6 Å². The van der Waals surface area contributed by atoms with Gasteiger partial charge in [0, 0.05) is 37.8 Å². The average Bonchev–Trinajstić information content (AvgIpc) is 3.36. The van der Waals surface area contributed by atoms with Gasteiger partial charge in [-0.25, -0.2) is 0 Å². The van der Waals surface area contributed by atoms with Gasteiger partial charge in [-0.15, -0.1) is 0 Å². The minimum atomic E-state index is 0.271. The number of hydrogen-bond acceptors (Lipinski definition) is 3. The molecule has 2 heterocycles. The van der Waals surface area contributed by atoms with Gasteiger partial charge in [0.1, 0.15) is 0 Å². The van der Waals surface area contributed by atoms with Gasteiger partial charge in [0.25, 0.3) is 0 Å². The predicted octanol–water partition coefficient (Wildman–Crippen LogP) is 1.54. The molecule has 0 spiro atoms. The second-order valence-electron chi connectivity index (χ2n) is 7.44. The fraction of sp³-hybridized carbons (Fsp3) is 0.737. The monoisotopic (exact) mass is 360 g/mol. The van der Waals surface area contributed by atoms with Crippen molar-refractivity contribution in [2.75, 3.05) is 26.2 Å². The van der Waals surface area contributed by atoms with Gasteiger partial charge in [0.2, 0.25) is 5.91 Å². The molecule has 2 N–H and O–H groups in total. The number of amides is 1. The summed E-state index contributed by atoms with van der Waals surface area (Å²) in [4.78, 5) is 19.3. The van der Waals surface area contributed by atoms with E-state index in [1.807, 2.05) is 28.9 Å². The Hall–Kier alpha value is -2.05. The molecule has 144 valence electrons. The molecule has 1 aliphatic carbocycles. The van der Waals surface area contributed by atoms with E-state index in [1.54, 1.807) is 0 Å². The van der Waals surface area contributed by atoms with Crippen molar-refractivity contribution in [1.82, 2.24) is 25.3 Å². The molecule has 0 radical (unpaired) electrons. The van der Waals surface area contributed by atoms with Crippen molar-refractivity contribution in [1.29, 1.82) is 0 Å². The van der Waals surface area contributed by atoms with Crippen LogP contribution in [0.1, 0.15) is 44.6 Å². The molecule has 1 saturated carbocycles. The van der Waals surface area contributed by atoms with Crippen molar-refractivity contribution in [3.05, 3.63) is 18.0 Å². The maximum absolute atomic E-state index is 12.6. The number of carbonyl (C=O) groups excluding carboxylic acids is 1. The van der Waals surface area contributed by atoms with Crippen LogP contribution in [0.3, 0.4) is 0 Å². The fourth-order valence-electron chi connectivity index (χ4n) is 3.88. The summed E-state index contributed by atoms with van der Waals surface area (Å²) < 4.78 is 1.92. The molecule has 1 aromatic rings. The first-order valence-electron chi connectivity index (χ1n) is 9.98. The molecule has 2 aliphatic rings. The summed E-state index contributed by atoms with van der Waals surface area (Å²) in [5.74, 6) is 1.47. The Morgan fingerprint density at radius 1 is 1.35 bits per heavy atom. The molecule has 1 saturated heterocycles. The number of aromatic nitrogens is 2. The van der Waals surface area contributed by atoms with E-state index in [-0.39, 0.29) is 12.0 Å². The Bertz CT molecular complexity index is 619. The summed E-state index contributed by atoms with van der Waals surface area (Å²) in [6.45, 7) is 8.02. The highest BCUT2D eigenvalue weighted by Crippen LogP contribution is 2.27. The van der Waals surface area contributed by atoms with Gasteiger partial charge in [0.05, 0.1) is 19.3 Å². The summed E-state index contributed by atoms with van der Waals surface area (Å²) >= 11 is 0. The molecule has 0 aromatic carbocycles. The van der Waals surface area contributed by atoms with Crippen LogP contribution in [0.5, 0.6) is 0 Å². The van der Waals surface area contributed by atoms with E-state index < -0.39 is 0 Å². The van der Waals surface area contributed by atoms with Crippen LogP contribution in [0.2, 0.25) is 0 Å². The van der Waals surface area contributed by atoms with E-state index in [0.29, 0.717) is 12.5 Å². The predicted molar refractivity (Wildman–Crippen MR) is 103 cm³/mol. The van der Waals surface area contributed by atoms with Crippen LogP contribution in [0, 0.1) is 12.8 Å². The minimum Gasteiger partial charge on any atom is -0.357 e. The molecule has 26 heavy (non-hydrogen) atoms. The summed E-state index contributed by atoms with van der Waals surface area (Å²) in [5, 5.41) is 11.1. The lowest BCUT2D eigenvalue weighted by atomic mass is 10.1. The Morgan fingerprint density at radius 3 is 2.85 bits per heavy atom. The molecule has 2 fully saturated rings. The van der Waals surface area contributed by atoms with Gasteiger partial charge in [-0.3, -0.25) is 14.5 Å². The van der Waals surface area contributed by atoms with E-state index >= 15 is 0 Å². The maximum Gasteiger partial charge on any atom is 0.225 e. The zero-order chi connectivity index (χ0) is 18.4. The zero-order valence-corrected chi connectivity index (χ0v) is 16.1. The number of rotatable bonds is 6. The molecule has 0 bridgehead atoms. The van der Waals surface area contributed by atoms with Crippen LogP contribution >= 0.6 is 0 Å².